The molecule has 1 fully saturated rings. The van der Waals surface area contributed by atoms with Crippen LogP contribution in [0.5, 0.6) is 0 Å². The molecular weight excluding hydrogens is 428 g/mol. The van der Waals surface area contributed by atoms with Crippen LogP contribution in [-0.4, -0.2) is 48.8 Å². The maximum absolute atomic E-state index is 13.5. The highest BCUT2D eigenvalue weighted by Crippen LogP contribution is 2.31. The number of benzene rings is 1. The Morgan fingerprint density at radius 1 is 1.26 bits per heavy atom. The molecule has 0 bridgehead atoms. The molecule has 1 saturated heterocycles. The van der Waals surface area contributed by atoms with E-state index in [1.165, 1.54) is 6.07 Å². The Labute approximate surface area is 180 Å². The molecule has 2 aliphatic rings. The summed E-state index contributed by atoms with van der Waals surface area (Å²) in [6.45, 7) is 3.96. The van der Waals surface area contributed by atoms with Crippen LogP contribution in [0.3, 0.4) is 0 Å². The number of halogens is 2. The Kier molecular flexibility index (Phi) is 5.57. The normalized spacial score (nSPS) is 23.2. The maximum Gasteiger partial charge on any atom is 0.272 e. The van der Waals surface area contributed by atoms with Crippen LogP contribution in [-0.2, 0) is 23.8 Å². The first kappa shape index (κ1) is 21.8. The van der Waals surface area contributed by atoms with Gasteiger partial charge in [0.15, 0.2) is 17.9 Å². The van der Waals surface area contributed by atoms with Crippen LogP contribution in [0.15, 0.2) is 18.2 Å². The number of carbonyl (C=O) groups excluding carboxylic acids is 2. The van der Waals surface area contributed by atoms with Crippen LogP contribution in [0.2, 0.25) is 0 Å². The molecule has 1 aromatic heterocycles. The lowest BCUT2D eigenvalue weighted by Crippen LogP contribution is -2.63. The number of ketones is 1. The minimum atomic E-state index is -1.49. The lowest BCUT2D eigenvalue weighted by Gasteiger charge is -2.39. The highest BCUT2D eigenvalue weighted by Gasteiger charge is 2.42. The summed E-state index contributed by atoms with van der Waals surface area (Å²) in [5.41, 5.74) is 1.14. The Bertz CT molecular complexity index is 1110. The molecule has 4 rings (SSSR count). The van der Waals surface area contributed by atoms with Crippen LogP contribution in [0, 0.1) is 18.6 Å². The summed E-state index contributed by atoms with van der Waals surface area (Å²) >= 11 is 0. The van der Waals surface area contributed by atoms with Gasteiger partial charge in [-0.1, -0.05) is 0 Å². The second kappa shape index (κ2) is 7.92. The first-order valence-corrected chi connectivity index (χ1v) is 11.4. The largest absolute Gasteiger partial charge is 0.371 e. The average Bonchev–Trinajstić information content (AvgIpc) is 3.22. The summed E-state index contributed by atoms with van der Waals surface area (Å²) in [5.74, 6) is -2.48. The van der Waals surface area contributed by atoms with E-state index in [-0.39, 0.29) is 16.9 Å². The standard InChI is InChI=1S/C21H23F2N3O4S/c1-11-16(18(27)20(29)25-21(2)9-31(30)10-21)15-4-3-7-26(15)17(11)19(28)24-12-5-6-13(22)14(23)8-12/h5-6,8,20,25,29H,3-4,7,9-10H2,1-2H3,(H,24,28). The van der Waals surface area contributed by atoms with E-state index in [4.69, 9.17) is 0 Å². The number of hydrogen-bond donors (Lipinski definition) is 3. The minimum Gasteiger partial charge on any atom is -0.371 e. The number of amides is 1. The van der Waals surface area contributed by atoms with E-state index in [1.54, 1.807) is 18.4 Å². The number of nitrogens with one attached hydrogen (secondary N) is 2. The predicted molar refractivity (Wildman–Crippen MR) is 112 cm³/mol. The number of aliphatic hydroxyl groups excluding tert-OH is 1. The molecular formula is C21H23F2N3O4S. The molecule has 0 spiro atoms. The zero-order chi connectivity index (χ0) is 22.5. The quantitative estimate of drug-likeness (QED) is 0.460. The summed E-state index contributed by atoms with van der Waals surface area (Å²) in [4.78, 5) is 26.0. The van der Waals surface area contributed by atoms with Crippen molar-refractivity contribution in [2.24, 2.45) is 0 Å². The smallest absolute Gasteiger partial charge is 0.272 e. The number of Topliss-reactive ketones (excluding diaryl/α,β-unsaturated/α-hetero) is 1. The molecule has 0 aliphatic carbocycles. The summed E-state index contributed by atoms with van der Waals surface area (Å²) in [6, 6.07) is 3.06. The number of carbonyl (C=O) groups is 2. The van der Waals surface area contributed by atoms with Crippen LogP contribution in [0.1, 0.15) is 45.4 Å². The summed E-state index contributed by atoms with van der Waals surface area (Å²) in [5, 5.41) is 15.9. The second-order valence-corrected chi connectivity index (χ2v) is 9.79. The van der Waals surface area contributed by atoms with Gasteiger partial charge in [-0.2, -0.15) is 0 Å². The fourth-order valence-electron chi connectivity index (χ4n) is 4.39. The molecule has 2 aromatic rings. The monoisotopic (exact) mass is 451 g/mol. The topological polar surface area (TPSA) is 100 Å². The molecule has 1 aromatic carbocycles. The number of hydrogen-bond acceptors (Lipinski definition) is 5. The zero-order valence-electron chi connectivity index (χ0n) is 17.1. The summed E-state index contributed by atoms with van der Waals surface area (Å²) < 4.78 is 39.8. The number of rotatable bonds is 6. The predicted octanol–water partition coefficient (Wildman–Crippen LogP) is 1.88. The van der Waals surface area contributed by atoms with Crippen molar-refractivity contribution in [3.8, 4) is 0 Å². The molecule has 0 saturated carbocycles. The number of anilines is 1. The Morgan fingerprint density at radius 3 is 2.61 bits per heavy atom. The Morgan fingerprint density at radius 2 is 1.97 bits per heavy atom. The van der Waals surface area contributed by atoms with Gasteiger partial charge in [-0.05, 0) is 44.4 Å². The van der Waals surface area contributed by atoms with Crippen molar-refractivity contribution < 1.29 is 27.7 Å². The van der Waals surface area contributed by atoms with E-state index in [1.807, 2.05) is 0 Å². The average molecular weight is 451 g/mol. The molecule has 10 heteroatoms. The first-order valence-electron chi connectivity index (χ1n) is 9.93. The zero-order valence-corrected chi connectivity index (χ0v) is 17.9. The highest BCUT2D eigenvalue weighted by atomic mass is 32.2. The van der Waals surface area contributed by atoms with Gasteiger partial charge in [0.1, 0.15) is 5.69 Å². The van der Waals surface area contributed by atoms with E-state index in [0.29, 0.717) is 35.7 Å². The summed E-state index contributed by atoms with van der Waals surface area (Å²) in [6.07, 6.45) is -0.175. The summed E-state index contributed by atoms with van der Waals surface area (Å²) in [7, 11) is -0.957. The SMILES string of the molecule is Cc1c(C(=O)C(O)NC2(C)CS(=O)C2)c2n(c1C(=O)Nc1ccc(F)c(F)c1)CCC2. The number of nitrogens with zero attached hydrogens (tertiary/aromatic N) is 1. The van der Waals surface area contributed by atoms with Crippen LogP contribution >= 0.6 is 0 Å². The molecule has 1 amide bonds. The van der Waals surface area contributed by atoms with E-state index in [9.17, 15) is 27.7 Å². The van der Waals surface area contributed by atoms with Gasteiger partial charge >= 0.3 is 0 Å². The third-order valence-corrected chi connectivity index (χ3v) is 7.66. The number of aromatic nitrogens is 1. The number of fused-ring (bicyclic) bond motifs is 1. The van der Waals surface area contributed by atoms with E-state index >= 15 is 0 Å². The van der Waals surface area contributed by atoms with E-state index in [2.05, 4.69) is 10.6 Å². The van der Waals surface area contributed by atoms with Gasteiger partial charge in [-0.15, -0.1) is 0 Å². The van der Waals surface area contributed by atoms with Gasteiger partial charge in [0.25, 0.3) is 5.91 Å². The molecule has 1 unspecified atom stereocenters. The molecule has 166 valence electrons. The Hall–Kier alpha value is -2.43. The lowest BCUT2D eigenvalue weighted by molar-refractivity contribution is 0.0594. The van der Waals surface area contributed by atoms with Crippen molar-refractivity contribution in [3.05, 3.63) is 52.3 Å². The van der Waals surface area contributed by atoms with E-state index in [0.717, 1.165) is 18.6 Å². The molecule has 1 atom stereocenters. The van der Waals surface area contributed by atoms with Crippen molar-refractivity contribution in [3.63, 3.8) is 0 Å². The fraction of sp³-hybridized carbons (Fsp3) is 0.429. The van der Waals surface area contributed by atoms with Crippen molar-refractivity contribution in [1.82, 2.24) is 9.88 Å². The third-order valence-electron chi connectivity index (χ3n) is 5.74. The van der Waals surface area contributed by atoms with Crippen molar-refractivity contribution >= 4 is 28.2 Å². The molecule has 3 N–H and O–H groups in total. The number of aliphatic hydroxyl groups is 1. The van der Waals surface area contributed by atoms with Gasteiger partial charge in [0, 0.05) is 57.4 Å². The van der Waals surface area contributed by atoms with Crippen LogP contribution in [0.25, 0.3) is 0 Å². The van der Waals surface area contributed by atoms with Gasteiger partial charge in [0.05, 0.1) is 0 Å². The van der Waals surface area contributed by atoms with Crippen molar-refractivity contribution in [1.29, 1.82) is 0 Å². The van der Waals surface area contributed by atoms with Crippen LogP contribution < -0.4 is 10.6 Å². The molecule has 3 heterocycles. The fourth-order valence-corrected chi connectivity index (χ4v) is 5.89. The maximum atomic E-state index is 13.5. The minimum absolute atomic E-state index is 0.0948. The first-order chi connectivity index (χ1) is 14.6. The molecule has 2 aliphatic heterocycles. The third kappa shape index (κ3) is 3.95. The Balaban J connectivity index is 1.61. The van der Waals surface area contributed by atoms with Gasteiger partial charge < -0.3 is 15.0 Å². The van der Waals surface area contributed by atoms with Crippen molar-refractivity contribution in [2.75, 3.05) is 16.8 Å². The molecule has 7 nitrogen and oxygen atoms in total. The highest BCUT2D eigenvalue weighted by molar-refractivity contribution is 7.86. The lowest BCUT2D eigenvalue weighted by atomic mass is 10.00. The molecule has 31 heavy (non-hydrogen) atoms. The van der Waals surface area contributed by atoms with Crippen molar-refractivity contribution in [2.45, 2.75) is 45.0 Å². The van der Waals surface area contributed by atoms with E-state index < -0.39 is 45.9 Å². The van der Waals surface area contributed by atoms with Gasteiger partial charge in [-0.25, -0.2) is 8.78 Å². The second-order valence-electron chi connectivity index (χ2n) is 8.33. The van der Waals surface area contributed by atoms with Gasteiger partial charge in [-0.3, -0.25) is 19.1 Å². The van der Waals surface area contributed by atoms with Gasteiger partial charge in [0.2, 0.25) is 5.78 Å². The van der Waals surface area contributed by atoms with Crippen LogP contribution in [0.4, 0.5) is 14.5 Å². The molecule has 0 radical (unpaired) electrons.